The zero-order chi connectivity index (χ0) is 18.5. The molecule has 0 radical (unpaired) electrons. The van der Waals surface area contributed by atoms with Crippen LogP contribution in [0.4, 0.5) is 0 Å². The van der Waals surface area contributed by atoms with Gasteiger partial charge < -0.3 is 4.74 Å². The summed E-state index contributed by atoms with van der Waals surface area (Å²) in [5.74, 6) is -0.306. The van der Waals surface area contributed by atoms with Crippen LogP contribution in [0, 0.1) is 0 Å². The third kappa shape index (κ3) is 3.84. The number of aromatic nitrogens is 2. The van der Waals surface area contributed by atoms with Crippen molar-refractivity contribution in [2.75, 3.05) is 7.11 Å². The van der Waals surface area contributed by atoms with Crippen LogP contribution in [0.25, 0.3) is 11.3 Å². The molecule has 0 aliphatic carbocycles. The summed E-state index contributed by atoms with van der Waals surface area (Å²) in [5, 5.41) is 7.26. The molecule has 0 fully saturated rings. The van der Waals surface area contributed by atoms with E-state index in [0.29, 0.717) is 27.6 Å². The Morgan fingerprint density at radius 1 is 1.00 bits per heavy atom. The summed E-state index contributed by atoms with van der Waals surface area (Å²) in [6.07, 6.45) is 1.39. The van der Waals surface area contributed by atoms with Crippen LogP contribution in [0.15, 0.2) is 54.7 Å². The molecule has 3 aromatic rings. The molecule has 132 valence electrons. The quantitative estimate of drug-likeness (QED) is 0.615. The van der Waals surface area contributed by atoms with Crippen molar-refractivity contribution >= 4 is 23.4 Å². The molecule has 0 spiro atoms. The Morgan fingerprint density at radius 3 is 2.31 bits per heavy atom. The Balaban J connectivity index is 1.68. The van der Waals surface area contributed by atoms with Gasteiger partial charge in [-0.3, -0.25) is 25.5 Å². The first-order valence-corrected chi connectivity index (χ1v) is 8.00. The zero-order valence-corrected chi connectivity index (χ0v) is 14.5. The van der Waals surface area contributed by atoms with Crippen LogP contribution in [-0.2, 0) is 0 Å². The highest BCUT2D eigenvalue weighted by atomic mass is 35.5. The molecule has 26 heavy (non-hydrogen) atoms. The standard InChI is InChI=1S/C18H15ClN4O3/c1-26-14-8-4-12(5-9-14)17(24)22-23-18(25)15-10-20-21-16(15)11-2-6-13(19)7-3-11/h2-10H,1H3,(H,20,21)(H,22,24)(H,23,25). The third-order valence-electron chi connectivity index (χ3n) is 3.66. The predicted molar refractivity (Wildman–Crippen MR) is 97.0 cm³/mol. The van der Waals surface area contributed by atoms with Gasteiger partial charge in [0.25, 0.3) is 11.8 Å². The topological polar surface area (TPSA) is 96.1 Å². The van der Waals surface area contributed by atoms with Crippen LogP contribution in [-0.4, -0.2) is 29.1 Å². The molecule has 3 N–H and O–H groups in total. The molecule has 0 saturated heterocycles. The van der Waals surface area contributed by atoms with Gasteiger partial charge in [0.15, 0.2) is 0 Å². The minimum absolute atomic E-state index is 0.294. The lowest BCUT2D eigenvalue weighted by molar-refractivity contribution is 0.0847. The van der Waals surface area contributed by atoms with Crippen molar-refractivity contribution in [2.45, 2.75) is 0 Å². The van der Waals surface area contributed by atoms with E-state index in [1.54, 1.807) is 55.6 Å². The fourth-order valence-electron chi connectivity index (χ4n) is 2.29. The van der Waals surface area contributed by atoms with Gasteiger partial charge in [-0.05, 0) is 36.4 Å². The molecule has 7 nitrogen and oxygen atoms in total. The number of carbonyl (C=O) groups excluding carboxylic acids is 2. The maximum atomic E-state index is 12.4. The van der Waals surface area contributed by atoms with Crippen LogP contribution in [0.5, 0.6) is 5.75 Å². The molecule has 1 heterocycles. The maximum Gasteiger partial charge on any atom is 0.273 e. The Morgan fingerprint density at radius 2 is 1.65 bits per heavy atom. The molecule has 0 saturated carbocycles. The van der Waals surface area contributed by atoms with Gasteiger partial charge in [-0.15, -0.1) is 0 Å². The highest BCUT2D eigenvalue weighted by Gasteiger charge is 2.16. The number of rotatable bonds is 4. The molecule has 8 heteroatoms. The summed E-state index contributed by atoms with van der Waals surface area (Å²) in [6, 6.07) is 13.5. The number of hydrogen-bond acceptors (Lipinski definition) is 4. The average molecular weight is 371 g/mol. The molecular formula is C18H15ClN4O3. The summed E-state index contributed by atoms with van der Waals surface area (Å²) in [5.41, 5.74) is 6.70. The molecule has 0 unspecified atom stereocenters. The van der Waals surface area contributed by atoms with Crippen molar-refractivity contribution in [1.29, 1.82) is 0 Å². The van der Waals surface area contributed by atoms with Gasteiger partial charge in [0.05, 0.1) is 24.6 Å². The Bertz CT molecular complexity index is 920. The Hall–Kier alpha value is -3.32. The van der Waals surface area contributed by atoms with Gasteiger partial charge in [0.2, 0.25) is 0 Å². The number of amides is 2. The number of hydrogen-bond donors (Lipinski definition) is 3. The number of methoxy groups -OCH3 is 1. The van der Waals surface area contributed by atoms with Crippen molar-refractivity contribution in [3.8, 4) is 17.0 Å². The van der Waals surface area contributed by atoms with E-state index in [0.717, 1.165) is 5.56 Å². The summed E-state index contributed by atoms with van der Waals surface area (Å²) in [7, 11) is 1.54. The highest BCUT2D eigenvalue weighted by Crippen LogP contribution is 2.22. The van der Waals surface area contributed by atoms with Crippen molar-refractivity contribution in [3.05, 3.63) is 70.9 Å². The van der Waals surface area contributed by atoms with Crippen LogP contribution >= 0.6 is 11.6 Å². The van der Waals surface area contributed by atoms with Gasteiger partial charge in [-0.25, -0.2) is 0 Å². The number of H-pyrrole nitrogens is 1. The van der Waals surface area contributed by atoms with Gasteiger partial charge in [-0.2, -0.15) is 5.10 Å². The molecule has 0 aliphatic rings. The zero-order valence-electron chi connectivity index (χ0n) is 13.7. The normalized spacial score (nSPS) is 10.2. The van der Waals surface area contributed by atoms with Crippen molar-refractivity contribution in [1.82, 2.24) is 21.0 Å². The van der Waals surface area contributed by atoms with E-state index in [-0.39, 0.29) is 0 Å². The molecule has 1 aromatic heterocycles. The molecule has 0 atom stereocenters. The molecule has 2 aromatic carbocycles. The maximum absolute atomic E-state index is 12.4. The first-order valence-electron chi connectivity index (χ1n) is 7.62. The summed E-state index contributed by atoms with van der Waals surface area (Å²) in [6.45, 7) is 0. The van der Waals surface area contributed by atoms with E-state index in [2.05, 4.69) is 21.0 Å². The number of aromatic amines is 1. The molecular weight excluding hydrogens is 356 g/mol. The van der Waals surface area contributed by atoms with E-state index in [1.807, 2.05) is 0 Å². The largest absolute Gasteiger partial charge is 0.497 e. The number of halogens is 1. The monoisotopic (exact) mass is 370 g/mol. The van der Waals surface area contributed by atoms with Crippen molar-refractivity contribution < 1.29 is 14.3 Å². The second-order valence-corrected chi connectivity index (χ2v) is 5.74. The van der Waals surface area contributed by atoms with E-state index in [9.17, 15) is 9.59 Å². The third-order valence-corrected chi connectivity index (χ3v) is 3.91. The van der Waals surface area contributed by atoms with Crippen molar-refractivity contribution in [3.63, 3.8) is 0 Å². The highest BCUT2D eigenvalue weighted by molar-refractivity contribution is 6.30. The van der Waals surface area contributed by atoms with Crippen LogP contribution in [0.1, 0.15) is 20.7 Å². The minimum Gasteiger partial charge on any atom is -0.497 e. The number of nitrogens with zero attached hydrogens (tertiary/aromatic N) is 1. The number of benzene rings is 2. The van der Waals surface area contributed by atoms with Crippen molar-refractivity contribution in [2.24, 2.45) is 0 Å². The first kappa shape index (κ1) is 17.5. The average Bonchev–Trinajstić information content (AvgIpc) is 3.16. The Kier molecular flexibility index (Phi) is 5.19. The van der Waals surface area contributed by atoms with Gasteiger partial charge in [0, 0.05) is 16.1 Å². The molecule has 2 amide bonds. The lowest BCUT2D eigenvalue weighted by atomic mass is 10.1. The predicted octanol–water partition coefficient (Wildman–Crippen LogP) is 2.81. The summed E-state index contributed by atoms with van der Waals surface area (Å²) >= 11 is 5.88. The van der Waals surface area contributed by atoms with Crippen LogP contribution in [0.2, 0.25) is 5.02 Å². The van der Waals surface area contributed by atoms with Gasteiger partial charge in [0.1, 0.15) is 5.75 Å². The van der Waals surface area contributed by atoms with E-state index in [1.165, 1.54) is 6.20 Å². The Labute approximate surface area is 154 Å². The minimum atomic E-state index is -0.495. The fraction of sp³-hybridized carbons (Fsp3) is 0.0556. The second-order valence-electron chi connectivity index (χ2n) is 5.30. The van der Waals surface area contributed by atoms with E-state index < -0.39 is 11.8 Å². The number of ether oxygens (including phenoxy) is 1. The molecule has 0 aliphatic heterocycles. The molecule has 0 bridgehead atoms. The van der Waals surface area contributed by atoms with E-state index in [4.69, 9.17) is 16.3 Å². The summed E-state index contributed by atoms with van der Waals surface area (Å²) in [4.78, 5) is 24.5. The first-order chi connectivity index (χ1) is 12.6. The van der Waals surface area contributed by atoms with Gasteiger partial charge >= 0.3 is 0 Å². The van der Waals surface area contributed by atoms with E-state index >= 15 is 0 Å². The number of carbonyl (C=O) groups is 2. The van der Waals surface area contributed by atoms with Gasteiger partial charge in [-0.1, -0.05) is 23.7 Å². The molecule has 3 rings (SSSR count). The summed E-state index contributed by atoms with van der Waals surface area (Å²) < 4.78 is 5.04. The number of nitrogens with one attached hydrogen (secondary N) is 3. The van der Waals surface area contributed by atoms with Crippen LogP contribution < -0.4 is 15.6 Å². The smallest absolute Gasteiger partial charge is 0.273 e. The van der Waals surface area contributed by atoms with Crippen LogP contribution in [0.3, 0.4) is 0 Å². The number of hydrazine groups is 1. The lowest BCUT2D eigenvalue weighted by Gasteiger charge is -2.08. The SMILES string of the molecule is COc1ccc(C(=O)NNC(=O)c2cn[nH]c2-c2ccc(Cl)cc2)cc1. The second kappa shape index (κ2) is 7.71. The lowest BCUT2D eigenvalue weighted by Crippen LogP contribution is -2.41. The fourth-order valence-corrected chi connectivity index (χ4v) is 2.42.